The molecule has 0 aromatic heterocycles. The highest BCUT2D eigenvalue weighted by Crippen LogP contribution is 2.64. The minimum Gasteiger partial charge on any atom is -0.487 e. The lowest BCUT2D eigenvalue weighted by molar-refractivity contribution is -0.197. The van der Waals surface area contributed by atoms with E-state index in [-0.39, 0.29) is 24.1 Å². The molecule has 2 heterocycles. The van der Waals surface area contributed by atoms with E-state index >= 15 is 0 Å². The molecule has 188 valence electrons. The quantitative estimate of drug-likeness (QED) is 0.676. The molecule has 4 aliphatic rings. The second-order valence-corrected chi connectivity index (χ2v) is 11.8. The van der Waals surface area contributed by atoms with Gasteiger partial charge in [0.25, 0.3) is 5.91 Å². The van der Waals surface area contributed by atoms with Gasteiger partial charge in [-0.05, 0) is 81.4 Å². The molecular formula is C31H36N2O3. The van der Waals surface area contributed by atoms with Gasteiger partial charge in [-0.25, -0.2) is 0 Å². The molecule has 1 saturated carbocycles. The van der Waals surface area contributed by atoms with E-state index in [0.29, 0.717) is 25.3 Å². The molecule has 2 fully saturated rings. The monoisotopic (exact) mass is 484 g/mol. The third-order valence-corrected chi connectivity index (χ3v) is 9.15. The molecule has 2 bridgehead atoms. The number of likely N-dealkylation sites (tertiary alicyclic amines) is 1. The number of rotatable bonds is 3. The van der Waals surface area contributed by atoms with Gasteiger partial charge in [0.15, 0.2) is 0 Å². The third-order valence-electron chi connectivity index (χ3n) is 9.15. The first-order valence-corrected chi connectivity index (χ1v) is 13.4. The van der Waals surface area contributed by atoms with Gasteiger partial charge >= 0.3 is 0 Å². The first-order chi connectivity index (χ1) is 17.2. The normalized spacial score (nSPS) is 31.8. The van der Waals surface area contributed by atoms with E-state index in [2.05, 4.69) is 49.8 Å². The van der Waals surface area contributed by atoms with Gasteiger partial charge in [-0.2, -0.15) is 0 Å². The molecule has 5 heteroatoms. The number of piperidine rings is 1. The van der Waals surface area contributed by atoms with E-state index in [1.165, 1.54) is 11.1 Å². The third kappa shape index (κ3) is 3.27. The maximum absolute atomic E-state index is 13.7. The summed E-state index contributed by atoms with van der Waals surface area (Å²) in [5, 5.41) is 12.4. The number of aliphatic hydroxyl groups is 1. The number of carbonyl (C=O) groups excluding carboxylic acids is 1. The summed E-state index contributed by atoms with van der Waals surface area (Å²) in [4.78, 5) is 18.0. The standard InChI is InChI=1S/C31H36N2O3/c1-20(2)19-33(27(34)12-11-22-8-5-7-21(3)17-22)24-13-14-31(35)26-18-23-9-6-10-25-28(23)30(31,29(24)36-25)15-16-32(26)4/h5-10,17,20,24,26,29,35H,13-16,18-19H2,1-4H3/t24-,26+,29-,30-,31+/m0/s1. The zero-order chi connectivity index (χ0) is 25.2. The topological polar surface area (TPSA) is 53.0 Å². The van der Waals surface area contributed by atoms with E-state index in [0.717, 1.165) is 36.3 Å². The summed E-state index contributed by atoms with van der Waals surface area (Å²) in [5.74, 6) is 7.08. The fourth-order valence-electron chi connectivity index (χ4n) is 7.70. The van der Waals surface area contributed by atoms with Gasteiger partial charge in [0.1, 0.15) is 11.9 Å². The number of aryl methyl sites for hydroxylation is 1. The number of hydrogen-bond donors (Lipinski definition) is 1. The van der Waals surface area contributed by atoms with E-state index in [9.17, 15) is 9.90 Å². The molecule has 5 atom stereocenters. The Bertz CT molecular complexity index is 1280. The summed E-state index contributed by atoms with van der Waals surface area (Å²) < 4.78 is 6.76. The van der Waals surface area contributed by atoms with Gasteiger partial charge in [-0.1, -0.05) is 44.0 Å². The van der Waals surface area contributed by atoms with Gasteiger partial charge in [0.05, 0.1) is 17.1 Å². The summed E-state index contributed by atoms with van der Waals surface area (Å²) in [7, 11) is 2.14. The van der Waals surface area contributed by atoms with E-state index < -0.39 is 11.0 Å². The van der Waals surface area contributed by atoms with E-state index in [1.54, 1.807) is 0 Å². The van der Waals surface area contributed by atoms with Crippen LogP contribution in [0.3, 0.4) is 0 Å². The van der Waals surface area contributed by atoms with Crippen LogP contribution in [0.15, 0.2) is 42.5 Å². The number of ether oxygens (including phenoxy) is 1. The Labute approximate surface area is 214 Å². The number of likely N-dealkylation sites (N-methyl/N-ethyl adjacent to an activating group) is 1. The first kappa shape index (κ1) is 23.6. The van der Waals surface area contributed by atoms with Gasteiger partial charge in [0, 0.05) is 29.6 Å². The van der Waals surface area contributed by atoms with Crippen LogP contribution in [0.2, 0.25) is 0 Å². The fraction of sp³-hybridized carbons (Fsp3) is 0.516. The Kier molecular flexibility index (Phi) is 5.48. The number of carbonyl (C=O) groups is 1. The molecule has 1 saturated heterocycles. The van der Waals surface area contributed by atoms with Crippen molar-refractivity contribution in [3.63, 3.8) is 0 Å². The predicted octanol–water partition coefficient (Wildman–Crippen LogP) is 3.68. The van der Waals surface area contributed by atoms with Crippen LogP contribution in [-0.2, 0) is 16.6 Å². The average Bonchev–Trinajstić information content (AvgIpc) is 3.18. The van der Waals surface area contributed by atoms with Crippen LogP contribution in [0.1, 0.15) is 55.4 Å². The smallest absolute Gasteiger partial charge is 0.299 e. The van der Waals surface area contributed by atoms with Gasteiger partial charge in [-0.15, -0.1) is 0 Å². The van der Waals surface area contributed by atoms with Gasteiger partial charge < -0.3 is 19.6 Å². The van der Waals surface area contributed by atoms with Crippen molar-refractivity contribution in [1.29, 1.82) is 0 Å². The second kappa shape index (κ2) is 8.36. The van der Waals surface area contributed by atoms with Gasteiger partial charge in [-0.3, -0.25) is 4.79 Å². The van der Waals surface area contributed by atoms with Crippen LogP contribution in [0.4, 0.5) is 0 Å². The lowest BCUT2D eigenvalue weighted by Crippen LogP contribution is -2.78. The van der Waals surface area contributed by atoms with Crippen molar-refractivity contribution in [2.75, 3.05) is 20.1 Å². The van der Waals surface area contributed by atoms with E-state index in [4.69, 9.17) is 4.74 Å². The first-order valence-electron chi connectivity index (χ1n) is 13.4. The minimum absolute atomic E-state index is 0.0644. The average molecular weight is 485 g/mol. The lowest BCUT2D eigenvalue weighted by Gasteiger charge is -2.64. The molecule has 2 aromatic carbocycles. The zero-order valence-corrected chi connectivity index (χ0v) is 21.8. The summed E-state index contributed by atoms with van der Waals surface area (Å²) >= 11 is 0. The SMILES string of the molecule is Cc1cccc(C#CC(=O)N(CC(C)C)[C@H]2CC[C@@]3(O)[C@H]4Cc5cccc6c5[C@@]3(CCN4C)[C@H]2O6)c1. The van der Waals surface area contributed by atoms with Crippen LogP contribution < -0.4 is 4.74 Å². The van der Waals surface area contributed by atoms with Crippen LogP contribution in [0, 0.1) is 24.7 Å². The molecule has 0 unspecified atom stereocenters. The molecule has 36 heavy (non-hydrogen) atoms. The largest absolute Gasteiger partial charge is 0.487 e. The summed E-state index contributed by atoms with van der Waals surface area (Å²) in [6, 6.07) is 14.2. The van der Waals surface area contributed by atoms with Crippen LogP contribution >= 0.6 is 0 Å². The molecule has 0 radical (unpaired) electrons. The Balaban J connectivity index is 1.41. The Morgan fingerprint density at radius 1 is 1.25 bits per heavy atom. The van der Waals surface area contributed by atoms with Crippen molar-refractivity contribution < 1.29 is 14.6 Å². The second-order valence-electron chi connectivity index (χ2n) is 11.8. The summed E-state index contributed by atoms with van der Waals surface area (Å²) in [5.41, 5.74) is 3.12. The van der Waals surface area contributed by atoms with Crippen LogP contribution in [0.5, 0.6) is 5.75 Å². The molecule has 5 nitrogen and oxygen atoms in total. The molecule has 1 N–H and O–H groups in total. The van der Waals surface area contributed by atoms with Crippen LogP contribution in [0.25, 0.3) is 0 Å². The zero-order valence-electron chi connectivity index (χ0n) is 21.8. The molecular weight excluding hydrogens is 448 g/mol. The van der Waals surface area contributed by atoms with Crippen molar-refractivity contribution in [2.45, 2.75) is 75.7 Å². The molecule has 2 aliphatic carbocycles. The maximum atomic E-state index is 13.7. The van der Waals surface area contributed by atoms with E-state index in [1.807, 2.05) is 42.2 Å². The van der Waals surface area contributed by atoms with Crippen molar-refractivity contribution in [3.8, 4) is 17.6 Å². The highest BCUT2D eigenvalue weighted by atomic mass is 16.5. The molecule has 2 aromatic rings. The lowest BCUT2D eigenvalue weighted by atomic mass is 9.48. The minimum atomic E-state index is -0.861. The number of benzene rings is 2. The number of amides is 1. The van der Waals surface area contributed by atoms with Crippen molar-refractivity contribution in [2.24, 2.45) is 5.92 Å². The highest BCUT2D eigenvalue weighted by Gasteiger charge is 2.72. The summed E-state index contributed by atoms with van der Waals surface area (Å²) in [6.45, 7) is 7.84. The van der Waals surface area contributed by atoms with Crippen molar-refractivity contribution in [1.82, 2.24) is 9.80 Å². The molecule has 1 amide bonds. The number of nitrogens with zero attached hydrogens (tertiary/aromatic N) is 2. The van der Waals surface area contributed by atoms with Crippen molar-refractivity contribution in [3.05, 3.63) is 64.7 Å². The Morgan fingerprint density at radius 3 is 2.83 bits per heavy atom. The van der Waals surface area contributed by atoms with Crippen molar-refractivity contribution >= 4 is 5.91 Å². The molecule has 6 rings (SSSR count). The van der Waals surface area contributed by atoms with Crippen LogP contribution in [-0.4, -0.2) is 64.7 Å². The molecule has 1 spiro atoms. The number of hydrogen-bond acceptors (Lipinski definition) is 4. The predicted molar refractivity (Wildman–Crippen MR) is 140 cm³/mol. The molecule has 2 aliphatic heterocycles. The van der Waals surface area contributed by atoms with Gasteiger partial charge in [0.2, 0.25) is 0 Å². The maximum Gasteiger partial charge on any atom is 0.299 e. The fourth-order valence-corrected chi connectivity index (χ4v) is 7.70. The highest BCUT2D eigenvalue weighted by molar-refractivity contribution is 5.94. The Morgan fingerprint density at radius 2 is 2.06 bits per heavy atom. The summed E-state index contributed by atoms with van der Waals surface area (Å²) in [6.07, 6.45) is 2.77. The Hall–Kier alpha value is -2.81.